The van der Waals surface area contributed by atoms with Crippen molar-refractivity contribution in [3.8, 4) is 0 Å². The number of nitrogens with zero attached hydrogens (tertiary/aromatic N) is 1. The van der Waals surface area contributed by atoms with Crippen molar-refractivity contribution in [2.75, 3.05) is 18.4 Å². The molecule has 5 nitrogen and oxygen atoms in total. The number of benzene rings is 1. The lowest BCUT2D eigenvalue weighted by Gasteiger charge is -2.36. The predicted octanol–water partition coefficient (Wildman–Crippen LogP) is 2.80. The second kappa shape index (κ2) is 8.44. The number of hydrogen-bond acceptors (Lipinski definition) is 3. The van der Waals surface area contributed by atoms with Gasteiger partial charge in [0, 0.05) is 24.0 Å². The maximum Gasteiger partial charge on any atom is 0.241 e. The van der Waals surface area contributed by atoms with Crippen molar-refractivity contribution in [1.29, 1.82) is 0 Å². The van der Waals surface area contributed by atoms with Gasteiger partial charge in [0.05, 0.1) is 11.7 Å². The number of anilines is 1. The Morgan fingerprint density at radius 2 is 2.21 bits per heavy atom. The number of halogens is 2. The van der Waals surface area contributed by atoms with Crippen LogP contribution in [-0.2, 0) is 9.59 Å². The van der Waals surface area contributed by atoms with E-state index in [1.54, 1.807) is 6.92 Å². The molecule has 2 rings (SSSR count). The number of rotatable bonds is 5. The summed E-state index contributed by atoms with van der Waals surface area (Å²) in [6.45, 7) is 4.99. The summed E-state index contributed by atoms with van der Waals surface area (Å²) >= 11 is 5.71. The maximum atomic E-state index is 13.8. The van der Waals surface area contributed by atoms with Crippen LogP contribution in [0.4, 0.5) is 10.1 Å². The Hall–Kier alpha value is -1.66. The molecular weight excluding hydrogens is 333 g/mol. The molecule has 1 fully saturated rings. The van der Waals surface area contributed by atoms with Crippen molar-refractivity contribution >= 4 is 29.1 Å². The average Bonchev–Trinajstić information content (AvgIpc) is 2.56. The molecule has 1 aromatic rings. The van der Waals surface area contributed by atoms with Gasteiger partial charge in [0.25, 0.3) is 0 Å². The standard InChI is InChI=1S/C17H23ClFN3O2/c1-3-16(23)20-13-5-4-8-22(10-13)11(2)17(24)21-15-7-6-12(18)9-14(15)19/h6-7,9,11,13H,3-5,8,10H2,1-2H3,(H,20,23)(H,21,24). The van der Waals surface area contributed by atoms with E-state index >= 15 is 0 Å². The molecule has 1 aromatic carbocycles. The number of piperidine rings is 1. The second-order valence-corrected chi connectivity index (χ2v) is 6.48. The van der Waals surface area contributed by atoms with Crippen LogP contribution in [0, 0.1) is 5.82 Å². The molecule has 0 aliphatic carbocycles. The zero-order valence-corrected chi connectivity index (χ0v) is 14.7. The van der Waals surface area contributed by atoms with E-state index in [1.165, 1.54) is 18.2 Å². The highest BCUT2D eigenvalue weighted by molar-refractivity contribution is 6.30. The van der Waals surface area contributed by atoms with Gasteiger partial charge < -0.3 is 10.6 Å². The molecular formula is C17H23ClFN3O2. The number of likely N-dealkylation sites (tertiary alicyclic amines) is 1. The van der Waals surface area contributed by atoms with E-state index in [4.69, 9.17) is 11.6 Å². The number of hydrogen-bond donors (Lipinski definition) is 2. The minimum absolute atomic E-state index is 0.0159. The van der Waals surface area contributed by atoms with Crippen LogP contribution < -0.4 is 10.6 Å². The third-order valence-electron chi connectivity index (χ3n) is 4.26. The van der Waals surface area contributed by atoms with Gasteiger partial charge >= 0.3 is 0 Å². The third-order valence-corrected chi connectivity index (χ3v) is 4.49. The Labute approximate surface area is 146 Å². The first-order valence-electron chi connectivity index (χ1n) is 8.20. The topological polar surface area (TPSA) is 61.4 Å². The first-order chi connectivity index (χ1) is 11.4. The van der Waals surface area contributed by atoms with Crippen LogP contribution >= 0.6 is 11.6 Å². The molecule has 1 aliphatic heterocycles. The molecule has 2 N–H and O–H groups in total. The summed E-state index contributed by atoms with van der Waals surface area (Å²) in [6, 6.07) is 3.78. The fraction of sp³-hybridized carbons (Fsp3) is 0.529. The first kappa shape index (κ1) is 18.7. The van der Waals surface area contributed by atoms with E-state index in [2.05, 4.69) is 10.6 Å². The summed E-state index contributed by atoms with van der Waals surface area (Å²) in [5, 5.41) is 5.85. The Kier molecular flexibility index (Phi) is 6.57. The Morgan fingerprint density at radius 3 is 2.88 bits per heavy atom. The summed E-state index contributed by atoms with van der Waals surface area (Å²) in [4.78, 5) is 25.9. The molecule has 0 aromatic heterocycles. The zero-order valence-electron chi connectivity index (χ0n) is 13.9. The molecule has 2 unspecified atom stereocenters. The van der Waals surface area contributed by atoms with E-state index < -0.39 is 11.9 Å². The fourth-order valence-electron chi connectivity index (χ4n) is 2.80. The summed E-state index contributed by atoms with van der Waals surface area (Å²) < 4.78 is 13.8. The molecule has 1 heterocycles. The van der Waals surface area contributed by atoms with Crippen LogP contribution in [0.1, 0.15) is 33.1 Å². The average molecular weight is 356 g/mol. The van der Waals surface area contributed by atoms with Gasteiger partial charge in [-0.25, -0.2) is 4.39 Å². The molecule has 1 saturated heterocycles. The largest absolute Gasteiger partial charge is 0.352 e. The molecule has 1 aliphatic rings. The highest BCUT2D eigenvalue weighted by atomic mass is 35.5. The minimum atomic E-state index is -0.560. The maximum absolute atomic E-state index is 13.8. The summed E-state index contributed by atoms with van der Waals surface area (Å²) in [6.07, 6.45) is 2.26. The first-order valence-corrected chi connectivity index (χ1v) is 8.57. The predicted molar refractivity (Wildman–Crippen MR) is 92.5 cm³/mol. The van der Waals surface area contributed by atoms with Crippen molar-refractivity contribution in [3.05, 3.63) is 29.0 Å². The van der Waals surface area contributed by atoms with E-state index in [0.717, 1.165) is 19.4 Å². The number of amides is 2. The quantitative estimate of drug-likeness (QED) is 0.853. The van der Waals surface area contributed by atoms with Crippen molar-refractivity contribution in [3.63, 3.8) is 0 Å². The van der Waals surface area contributed by atoms with Crippen LogP contribution in [0.15, 0.2) is 18.2 Å². The monoisotopic (exact) mass is 355 g/mol. The SMILES string of the molecule is CCC(=O)NC1CCCN(C(C)C(=O)Nc2ccc(Cl)cc2F)C1. The van der Waals surface area contributed by atoms with Crippen molar-refractivity contribution < 1.29 is 14.0 Å². The molecule has 132 valence electrons. The van der Waals surface area contributed by atoms with Gasteiger partial charge in [0.2, 0.25) is 11.8 Å². The van der Waals surface area contributed by atoms with Gasteiger partial charge in [0.1, 0.15) is 5.82 Å². The number of carbonyl (C=O) groups excluding carboxylic acids is 2. The van der Waals surface area contributed by atoms with E-state index in [1.807, 2.05) is 11.8 Å². The molecule has 2 atom stereocenters. The Bertz CT molecular complexity index is 611. The van der Waals surface area contributed by atoms with Gasteiger partial charge in [-0.2, -0.15) is 0 Å². The highest BCUT2D eigenvalue weighted by Gasteiger charge is 2.28. The van der Waals surface area contributed by atoms with Crippen LogP contribution in [0.5, 0.6) is 0 Å². The van der Waals surface area contributed by atoms with Gasteiger partial charge in [-0.15, -0.1) is 0 Å². The van der Waals surface area contributed by atoms with Gasteiger partial charge in [-0.05, 0) is 44.5 Å². The highest BCUT2D eigenvalue weighted by Crippen LogP contribution is 2.20. The lowest BCUT2D eigenvalue weighted by Crippen LogP contribution is -2.53. The summed E-state index contributed by atoms with van der Waals surface area (Å²) in [5.74, 6) is -0.823. The van der Waals surface area contributed by atoms with Gasteiger partial charge in [-0.1, -0.05) is 18.5 Å². The normalized spacial score (nSPS) is 19.6. The van der Waals surface area contributed by atoms with E-state index in [9.17, 15) is 14.0 Å². The number of nitrogens with one attached hydrogen (secondary N) is 2. The Morgan fingerprint density at radius 1 is 1.46 bits per heavy atom. The lowest BCUT2D eigenvalue weighted by molar-refractivity contribution is -0.122. The molecule has 0 saturated carbocycles. The molecule has 0 bridgehead atoms. The van der Waals surface area contributed by atoms with Crippen LogP contribution in [0.2, 0.25) is 5.02 Å². The van der Waals surface area contributed by atoms with Crippen LogP contribution in [0.3, 0.4) is 0 Å². The number of carbonyl (C=O) groups is 2. The lowest BCUT2D eigenvalue weighted by atomic mass is 10.0. The molecule has 0 radical (unpaired) electrons. The molecule has 7 heteroatoms. The van der Waals surface area contributed by atoms with Crippen molar-refractivity contribution in [2.24, 2.45) is 0 Å². The van der Waals surface area contributed by atoms with E-state index in [-0.39, 0.29) is 28.6 Å². The van der Waals surface area contributed by atoms with E-state index in [0.29, 0.717) is 13.0 Å². The molecule has 24 heavy (non-hydrogen) atoms. The smallest absolute Gasteiger partial charge is 0.241 e. The second-order valence-electron chi connectivity index (χ2n) is 6.04. The van der Waals surface area contributed by atoms with Crippen LogP contribution in [-0.4, -0.2) is 41.9 Å². The summed E-state index contributed by atoms with van der Waals surface area (Å²) in [7, 11) is 0. The van der Waals surface area contributed by atoms with Crippen molar-refractivity contribution in [2.45, 2.75) is 45.2 Å². The van der Waals surface area contributed by atoms with Gasteiger partial charge in [-0.3, -0.25) is 14.5 Å². The molecule has 0 spiro atoms. The third kappa shape index (κ3) is 4.92. The van der Waals surface area contributed by atoms with Gasteiger partial charge in [0.15, 0.2) is 0 Å². The summed E-state index contributed by atoms with van der Waals surface area (Å²) in [5.41, 5.74) is 0.115. The fourth-order valence-corrected chi connectivity index (χ4v) is 2.96. The molecule has 2 amide bonds. The Balaban J connectivity index is 1.95. The van der Waals surface area contributed by atoms with Crippen LogP contribution in [0.25, 0.3) is 0 Å². The zero-order chi connectivity index (χ0) is 17.7. The van der Waals surface area contributed by atoms with Crippen molar-refractivity contribution in [1.82, 2.24) is 10.2 Å². The minimum Gasteiger partial charge on any atom is -0.352 e.